The smallest absolute Gasteiger partial charge is 0.335 e. The lowest BCUT2D eigenvalue weighted by Gasteiger charge is -2.28. The molecule has 0 N–H and O–H groups in total. The van der Waals surface area contributed by atoms with E-state index in [9.17, 15) is 13.2 Å². The van der Waals surface area contributed by atoms with Crippen LogP contribution >= 0.6 is 0 Å². The summed E-state index contributed by atoms with van der Waals surface area (Å²) in [6.45, 7) is 1.25. The topological polar surface area (TPSA) is 71.1 Å². The Morgan fingerprint density at radius 1 is 0.594 bits per heavy atom. The summed E-state index contributed by atoms with van der Waals surface area (Å²) in [5, 5.41) is 16.4. The summed E-state index contributed by atoms with van der Waals surface area (Å²) in [6, 6.07) is 18.8. The summed E-state index contributed by atoms with van der Waals surface area (Å²) in [7, 11) is 0. The molecule has 32 heavy (non-hydrogen) atoms. The molecule has 3 aromatic carbocycles. The van der Waals surface area contributed by atoms with E-state index in [4.69, 9.17) is 9.47 Å². The zero-order valence-corrected chi connectivity index (χ0v) is 16.7. The van der Waals surface area contributed by atoms with Crippen molar-refractivity contribution in [2.75, 3.05) is 25.2 Å². The van der Waals surface area contributed by atoms with Gasteiger partial charge in [-0.3, -0.25) is 0 Å². The normalized spacial score (nSPS) is 15.0. The van der Waals surface area contributed by atoms with Gasteiger partial charge in [-0.1, -0.05) is 0 Å². The largest absolute Gasteiger partial charge is 0.416 e. The van der Waals surface area contributed by atoms with Crippen molar-refractivity contribution in [1.29, 1.82) is 0 Å². The van der Waals surface area contributed by atoms with Crippen LogP contribution in [-0.4, -0.2) is 20.3 Å². The van der Waals surface area contributed by atoms with Gasteiger partial charge in [0.05, 0.1) is 28.3 Å². The van der Waals surface area contributed by atoms with Crippen molar-refractivity contribution in [1.82, 2.24) is 0 Å². The van der Waals surface area contributed by atoms with Crippen molar-refractivity contribution < 1.29 is 22.6 Å². The SMILES string of the molecule is FC(F)(F)c1ccc(N=Nc2ccc(N=Nc3ccc(N4COCOC4)cc3)cc2)cc1. The van der Waals surface area contributed by atoms with E-state index in [2.05, 4.69) is 20.5 Å². The minimum absolute atomic E-state index is 0.304. The van der Waals surface area contributed by atoms with E-state index in [0.717, 1.165) is 17.8 Å². The summed E-state index contributed by atoms with van der Waals surface area (Å²) in [5.74, 6) is 0. The number of ether oxygens (including phenoxy) is 2. The molecule has 1 saturated heterocycles. The van der Waals surface area contributed by atoms with Crippen molar-refractivity contribution in [2.24, 2.45) is 20.5 Å². The molecule has 0 atom stereocenters. The van der Waals surface area contributed by atoms with Crippen LogP contribution in [0.1, 0.15) is 5.56 Å². The molecule has 0 aromatic heterocycles. The van der Waals surface area contributed by atoms with E-state index >= 15 is 0 Å². The Labute approximate surface area is 181 Å². The van der Waals surface area contributed by atoms with Gasteiger partial charge in [0.2, 0.25) is 0 Å². The third kappa shape index (κ3) is 5.74. The first-order chi connectivity index (χ1) is 15.5. The van der Waals surface area contributed by atoms with E-state index in [-0.39, 0.29) is 0 Å². The first-order valence-electron chi connectivity index (χ1n) is 9.59. The van der Waals surface area contributed by atoms with Crippen molar-refractivity contribution in [3.63, 3.8) is 0 Å². The van der Waals surface area contributed by atoms with E-state index in [1.807, 2.05) is 29.2 Å². The van der Waals surface area contributed by atoms with Gasteiger partial charge in [-0.25, -0.2) is 0 Å². The molecular formula is C22H18F3N5O2. The molecule has 0 saturated carbocycles. The zero-order valence-electron chi connectivity index (χ0n) is 16.7. The summed E-state index contributed by atoms with van der Waals surface area (Å²) in [5.41, 5.74) is 2.42. The van der Waals surface area contributed by atoms with Gasteiger partial charge in [0.25, 0.3) is 0 Å². The Balaban J connectivity index is 1.35. The average Bonchev–Trinajstić information content (AvgIpc) is 2.83. The summed E-state index contributed by atoms with van der Waals surface area (Å²) in [6.07, 6.45) is -4.38. The van der Waals surface area contributed by atoms with E-state index < -0.39 is 11.7 Å². The number of halogens is 3. The van der Waals surface area contributed by atoms with Crippen LogP contribution in [0.15, 0.2) is 93.3 Å². The zero-order chi connectivity index (χ0) is 22.4. The number of alkyl halides is 3. The fourth-order valence-electron chi connectivity index (χ4n) is 2.80. The van der Waals surface area contributed by atoms with Crippen molar-refractivity contribution in [3.8, 4) is 0 Å². The second-order valence-electron chi connectivity index (χ2n) is 6.80. The Hall–Kier alpha value is -3.63. The molecule has 1 fully saturated rings. The Kier molecular flexibility index (Phi) is 6.52. The molecule has 1 aliphatic rings. The highest BCUT2D eigenvalue weighted by atomic mass is 19.4. The van der Waals surface area contributed by atoms with Gasteiger partial charge >= 0.3 is 6.18 Å². The molecule has 164 valence electrons. The number of rotatable bonds is 5. The van der Waals surface area contributed by atoms with E-state index in [0.29, 0.717) is 43.0 Å². The Morgan fingerprint density at radius 2 is 0.969 bits per heavy atom. The molecule has 0 unspecified atom stereocenters. The molecule has 0 bridgehead atoms. The molecule has 0 amide bonds. The highest BCUT2D eigenvalue weighted by Gasteiger charge is 2.29. The van der Waals surface area contributed by atoms with Gasteiger partial charge in [-0.15, -0.1) is 0 Å². The van der Waals surface area contributed by atoms with E-state index in [1.54, 1.807) is 24.3 Å². The molecule has 1 aliphatic heterocycles. The number of hydrogen-bond acceptors (Lipinski definition) is 7. The van der Waals surface area contributed by atoms with Crippen LogP contribution in [0, 0.1) is 0 Å². The molecule has 1 heterocycles. The van der Waals surface area contributed by atoms with Crippen molar-refractivity contribution in [3.05, 3.63) is 78.4 Å². The third-order valence-corrected chi connectivity index (χ3v) is 4.48. The molecule has 7 nitrogen and oxygen atoms in total. The maximum absolute atomic E-state index is 12.6. The molecular weight excluding hydrogens is 423 g/mol. The molecule has 10 heteroatoms. The van der Waals surface area contributed by atoms with Gasteiger partial charge < -0.3 is 14.4 Å². The molecule has 0 spiro atoms. The predicted molar refractivity (Wildman–Crippen MR) is 112 cm³/mol. The number of benzene rings is 3. The van der Waals surface area contributed by atoms with Crippen molar-refractivity contribution in [2.45, 2.75) is 6.18 Å². The van der Waals surface area contributed by atoms with Gasteiger partial charge in [-0.2, -0.15) is 33.6 Å². The highest BCUT2D eigenvalue weighted by Crippen LogP contribution is 2.31. The second kappa shape index (κ2) is 9.67. The molecule has 0 radical (unpaired) electrons. The van der Waals surface area contributed by atoms with Crippen LogP contribution in [-0.2, 0) is 15.7 Å². The first-order valence-corrected chi connectivity index (χ1v) is 9.59. The average molecular weight is 441 g/mol. The predicted octanol–water partition coefficient (Wildman–Crippen LogP) is 7.26. The number of azo groups is 2. The van der Waals surface area contributed by atoms with Crippen LogP contribution in [0.4, 0.5) is 41.6 Å². The van der Waals surface area contributed by atoms with Gasteiger partial charge in [0.1, 0.15) is 13.5 Å². The number of nitrogens with zero attached hydrogens (tertiary/aromatic N) is 5. The minimum Gasteiger partial charge on any atom is -0.335 e. The summed E-state index contributed by atoms with van der Waals surface area (Å²) < 4.78 is 48.3. The van der Waals surface area contributed by atoms with Crippen molar-refractivity contribution >= 4 is 28.4 Å². The number of anilines is 1. The van der Waals surface area contributed by atoms with Crippen LogP contribution < -0.4 is 4.90 Å². The monoisotopic (exact) mass is 441 g/mol. The number of hydrogen-bond donors (Lipinski definition) is 0. The standard InChI is InChI=1S/C22H18F3N5O2/c23-22(24,25)16-1-3-17(4-2-16)26-27-18-5-7-19(8-6-18)28-29-20-9-11-21(12-10-20)30-13-31-15-32-14-30/h1-12H,13-15H2. The van der Waals surface area contributed by atoms with Gasteiger partial charge in [-0.05, 0) is 72.8 Å². The third-order valence-electron chi connectivity index (χ3n) is 4.48. The Bertz CT molecular complexity index is 1080. The Morgan fingerprint density at radius 3 is 1.38 bits per heavy atom. The van der Waals surface area contributed by atoms with Crippen LogP contribution in [0.2, 0.25) is 0 Å². The lowest BCUT2D eigenvalue weighted by atomic mass is 10.2. The summed E-state index contributed by atoms with van der Waals surface area (Å²) >= 11 is 0. The van der Waals surface area contributed by atoms with Gasteiger partial charge in [0.15, 0.2) is 6.79 Å². The molecule has 4 rings (SSSR count). The second-order valence-corrected chi connectivity index (χ2v) is 6.80. The minimum atomic E-state index is -4.38. The summed E-state index contributed by atoms with van der Waals surface area (Å²) in [4.78, 5) is 1.95. The maximum atomic E-state index is 12.6. The van der Waals surface area contributed by atoms with E-state index in [1.165, 1.54) is 12.1 Å². The van der Waals surface area contributed by atoms with Crippen LogP contribution in [0.3, 0.4) is 0 Å². The fourth-order valence-corrected chi connectivity index (χ4v) is 2.80. The van der Waals surface area contributed by atoms with Crippen LogP contribution in [0.25, 0.3) is 0 Å². The first kappa shape index (κ1) is 21.6. The van der Waals surface area contributed by atoms with Gasteiger partial charge in [0, 0.05) is 5.69 Å². The lowest BCUT2D eigenvalue weighted by Crippen LogP contribution is -2.34. The lowest BCUT2D eigenvalue weighted by molar-refractivity contribution is -0.137. The highest BCUT2D eigenvalue weighted by molar-refractivity contribution is 5.53. The fraction of sp³-hybridized carbons (Fsp3) is 0.182. The quantitative estimate of drug-likeness (QED) is 0.391. The maximum Gasteiger partial charge on any atom is 0.416 e. The molecule has 0 aliphatic carbocycles. The molecule has 3 aromatic rings. The van der Waals surface area contributed by atoms with Crippen LogP contribution in [0.5, 0.6) is 0 Å².